The highest BCUT2D eigenvalue weighted by atomic mass is 16.2. The minimum atomic E-state index is 0.135. The lowest BCUT2D eigenvalue weighted by Gasteiger charge is -2.16. The first-order valence-electron chi connectivity index (χ1n) is 7.26. The van der Waals surface area contributed by atoms with Crippen LogP contribution in [0.15, 0.2) is 18.2 Å². The van der Waals surface area contributed by atoms with Crippen LogP contribution in [-0.2, 0) is 11.2 Å². The summed E-state index contributed by atoms with van der Waals surface area (Å²) in [6.45, 7) is 7.97. The monoisotopic (exact) mass is 260 g/mol. The zero-order valence-electron chi connectivity index (χ0n) is 12.2. The molecule has 1 aliphatic heterocycles. The number of rotatable bonds is 5. The SMILES string of the molecule is CCCC(C)CNc1ccc2c(c1)CCN2C(C)=O. The van der Waals surface area contributed by atoms with Gasteiger partial charge in [0.15, 0.2) is 0 Å². The first kappa shape index (κ1) is 13.9. The van der Waals surface area contributed by atoms with E-state index in [-0.39, 0.29) is 5.91 Å². The Kier molecular flexibility index (Phi) is 4.46. The lowest BCUT2D eigenvalue weighted by Crippen LogP contribution is -2.25. The fraction of sp³-hybridized carbons (Fsp3) is 0.562. The Morgan fingerprint density at radius 1 is 1.47 bits per heavy atom. The maximum absolute atomic E-state index is 11.5. The van der Waals surface area contributed by atoms with E-state index in [0.29, 0.717) is 5.92 Å². The topological polar surface area (TPSA) is 32.3 Å². The molecule has 1 amide bonds. The van der Waals surface area contributed by atoms with Crippen LogP contribution in [0.3, 0.4) is 0 Å². The van der Waals surface area contributed by atoms with Crippen LogP contribution in [0.2, 0.25) is 0 Å². The van der Waals surface area contributed by atoms with E-state index in [4.69, 9.17) is 0 Å². The van der Waals surface area contributed by atoms with E-state index in [0.717, 1.165) is 25.2 Å². The number of carbonyl (C=O) groups is 1. The molecule has 0 spiro atoms. The van der Waals surface area contributed by atoms with Crippen molar-refractivity contribution in [2.24, 2.45) is 5.92 Å². The van der Waals surface area contributed by atoms with Gasteiger partial charge in [-0.05, 0) is 42.5 Å². The molecule has 0 aromatic heterocycles. The van der Waals surface area contributed by atoms with E-state index in [1.165, 1.54) is 24.1 Å². The van der Waals surface area contributed by atoms with Gasteiger partial charge >= 0.3 is 0 Å². The van der Waals surface area contributed by atoms with Crippen LogP contribution in [0.5, 0.6) is 0 Å². The Hall–Kier alpha value is -1.51. The van der Waals surface area contributed by atoms with Gasteiger partial charge in [-0.15, -0.1) is 0 Å². The molecule has 1 aromatic carbocycles. The Bertz CT molecular complexity index is 456. The molecule has 0 saturated carbocycles. The van der Waals surface area contributed by atoms with Gasteiger partial charge in [0.25, 0.3) is 0 Å². The number of benzene rings is 1. The van der Waals surface area contributed by atoms with E-state index in [1.54, 1.807) is 6.92 Å². The molecule has 1 heterocycles. The maximum Gasteiger partial charge on any atom is 0.223 e. The number of fused-ring (bicyclic) bond motifs is 1. The minimum Gasteiger partial charge on any atom is -0.385 e. The lowest BCUT2D eigenvalue weighted by atomic mass is 10.1. The number of hydrogen-bond donors (Lipinski definition) is 1. The molecule has 3 heteroatoms. The van der Waals surface area contributed by atoms with E-state index < -0.39 is 0 Å². The van der Waals surface area contributed by atoms with Crippen molar-refractivity contribution in [2.45, 2.75) is 40.0 Å². The van der Waals surface area contributed by atoms with Crippen molar-refractivity contribution in [3.8, 4) is 0 Å². The van der Waals surface area contributed by atoms with Gasteiger partial charge in [-0.1, -0.05) is 20.3 Å². The summed E-state index contributed by atoms with van der Waals surface area (Å²) in [7, 11) is 0. The zero-order valence-corrected chi connectivity index (χ0v) is 12.2. The molecule has 19 heavy (non-hydrogen) atoms. The molecule has 0 radical (unpaired) electrons. The molecule has 1 aromatic rings. The van der Waals surface area contributed by atoms with Crippen LogP contribution in [0.4, 0.5) is 11.4 Å². The second-order valence-electron chi connectivity index (χ2n) is 5.54. The summed E-state index contributed by atoms with van der Waals surface area (Å²) in [5, 5.41) is 3.50. The Labute approximate surface area is 116 Å². The van der Waals surface area contributed by atoms with Gasteiger partial charge in [0.1, 0.15) is 0 Å². The lowest BCUT2D eigenvalue weighted by molar-refractivity contribution is -0.116. The predicted molar refractivity (Wildman–Crippen MR) is 80.7 cm³/mol. The molecule has 2 rings (SSSR count). The van der Waals surface area contributed by atoms with Crippen LogP contribution < -0.4 is 10.2 Å². The van der Waals surface area contributed by atoms with E-state index in [1.807, 2.05) is 4.90 Å². The Morgan fingerprint density at radius 3 is 2.95 bits per heavy atom. The molecular formula is C16H24N2O. The summed E-state index contributed by atoms with van der Waals surface area (Å²) in [6, 6.07) is 6.34. The third-order valence-corrected chi connectivity index (χ3v) is 3.79. The van der Waals surface area contributed by atoms with Crippen molar-refractivity contribution in [3.05, 3.63) is 23.8 Å². The fourth-order valence-electron chi connectivity index (χ4n) is 2.73. The van der Waals surface area contributed by atoms with Gasteiger partial charge in [-0.3, -0.25) is 4.79 Å². The van der Waals surface area contributed by atoms with Gasteiger partial charge in [-0.2, -0.15) is 0 Å². The summed E-state index contributed by atoms with van der Waals surface area (Å²) in [5.74, 6) is 0.836. The van der Waals surface area contributed by atoms with Crippen LogP contribution in [0.1, 0.15) is 39.2 Å². The van der Waals surface area contributed by atoms with E-state index in [9.17, 15) is 4.79 Å². The molecule has 0 aliphatic carbocycles. The largest absolute Gasteiger partial charge is 0.385 e. The standard InChI is InChI=1S/C16H24N2O/c1-4-5-12(2)11-17-15-6-7-16-14(10-15)8-9-18(16)13(3)19/h6-7,10,12,17H,4-5,8-9,11H2,1-3H3. The van der Waals surface area contributed by atoms with Crippen LogP contribution >= 0.6 is 0 Å². The summed E-state index contributed by atoms with van der Waals surface area (Å²) >= 11 is 0. The highest BCUT2D eigenvalue weighted by Gasteiger charge is 2.21. The Morgan fingerprint density at radius 2 is 2.26 bits per heavy atom. The quantitative estimate of drug-likeness (QED) is 0.879. The van der Waals surface area contributed by atoms with Gasteiger partial charge in [0.2, 0.25) is 5.91 Å². The second-order valence-corrected chi connectivity index (χ2v) is 5.54. The van der Waals surface area contributed by atoms with Crippen molar-refractivity contribution in [3.63, 3.8) is 0 Å². The average Bonchev–Trinajstić information content (AvgIpc) is 2.79. The number of hydrogen-bond acceptors (Lipinski definition) is 2. The zero-order chi connectivity index (χ0) is 13.8. The molecule has 0 saturated heterocycles. The van der Waals surface area contributed by atoms with Crippen molar-refractivity contribution < 1.29 is 4.79 Å². The van der Waals surface area contributed by atoms with E-state index >= 15 is 0 Å². The first-order chi connectivity index (χ1) is 9.11. The van der Waals surface area contributed by atoms with Crippen molar-refractivity contribution in [1.82, 2.24) is 0 Å². The summed E-state index contributed by atoms with van der Waals surface area (Å²) in [6.07, 6.45) is 3.46. The molecule has 1 N–H and O–H groups in total. The second kappa shape index (κ2) is 6.09. The number of amides is 1. The summed E-state index contributed by atoms with van der Waals surface area (Å²) in [5.41, 5.74) is 3.54. The molecule has 104 valence electrons. The van der Waals surface area contributed by atoms with Gasteiger partial charge < -0.3 is 10.2 Å². The summed E-state index contributed by atoms with van der Waals surface area (Å²) in [4.78, 5) is 13.4. The van der Waals surface area contributed by atoms with E-state index in [2.05, 4.69) is 37.4 Å². The van der Waals surface area contributed by atoms with Crippen molar-refractivity contribution in [2.75, 3.05) is 23.3 Å². The fourth-order valence-corrected chi connectivity index (χ4v) is 2.73. The van der Waals surface area contributed by atoms with Gasteiger partial charge in [0.05, 0.1) is 0 Å². The number of anilines is 2. The highest BCUT2D eigenvalue weighted by Crippen LogP contribution is 2.30. The van der Waals surface area contributed by atoms with Gasteiger partial charge in [0, 0.05) is 31.4 Å². The van der Waals surface area contributed by atoms with Crippen LogP contribution in [-0.4, -0.2) is 19.0 Å². The highest BCUT2D eigenvalue weighted by molar-refractivity contribution is 5.94. The summed E-state index contributed by atoms with van der Waals surface area (Å²) < 4.78 is 0. The molecule has 3 nitrogen and oxygen atoms in total. The van der Waals surface area contributed by atoms with Crippen LogP contribution in [0, 0.1) is 5.92 Å². The third kappa shape index (κ3) is 3.28. The van der Waals surface area contributed by atoms with Crippen molar-refractivity contribution >= 4 is 17.3 Å². The molecular weight excluding hydrogens is 236 g/mol. The maximum atomic E-state index is 11.5. The molecule has 1 unspecified atom stereocenters. The minimum absolute atomic E-state index is 0.135. The normalized spacial score (nSPS) is 15.2. The number of nitrogens with one attached hydrogen (secondary N) is 1. The van der Waals surface area contributed by atoms with Gasteiger partial charge in [-0.25, -0.2) is 0 Å². The predicted octanol–water partition coefficient (Wildman–Crippen LogP) is 3.44. The van der Waals surface area contributed by atoms with Crippen LogP contribution in [0.25, 0.3) is 0 Å². The smallest absolute Gasteiger partial charge is 0.223 e. The number of carbonyl (C=O) groups excluding carboxylic acids is 1. The Balaban J connectivity index is 2.01. The third-order valence-electron chi connectivity index (χ3n) is 3.79. The van der Waals surface area contributed by atoms with Crippen molar-refractivity contribution in [1.29, 1.82) is 0 Å². The molecule has 1 aliphatic rings. The molecule has 1 atom stereocenters. The average molecular weight is 260 g/mol. The number of nitrogens with zero attached hydrogens (tertiary/aromatic N) is 1. The molecule has 0 fully saturated rings. The molecule has 0 bridgehead atoms. The first-order valence-corrected chi connectivity index (χ1v) is 7.26.